The first-order valence-electron chi connectivity index (χ1n) is 12.9. The van der Waals surface area contributed by atoms with Crippen molar-refractivity contribution in [3.8, 4) is 0 Å². The van der Waals surface area contributed by atoms with Crippen molar-refractivity contribution in [1.29, 1.82) is 0 Å². The molecule has 2 nitrogen and oxygen atoms in total. The molecule has 0 aliphatic carbocycles. The molecule has 0 unspecified atom stereocenters. The van der Waals surface area contributed by atoms with Crippen LogP contribution in [-0.4, -0.2) is 31.7 Å². The highest BCUT2D eigenvalue weighted by molar-refractivity contribution is 5.85. The number of hydrogen-bond donors (Lipinski definition) is 1. The third-order valence-corrected chi connectivity index (χ3v) is 6.23. The Kier molecular flexibility index (Phi) is 30.6. The van der Waals surface area contributed by atoms with Gasteiger partial charge in [-0.1, -0.05) is 117 Å². The molecule has 0 aromatic rings. The summed E-state index contributed by atoms with van der Waals surface area (Å²) in [5.41, 5.74) is 0. The summed E-state index contributed by atoms with van der Waals surface area (Å²) in [5, 5.41) is 0. The van der Waals surface area contributed by atoms with E-state index in [0.717, 1.165) is 0 Å². The maximum absolute atomic E-state index is 2.45. The van der Waals surface area contributed by atoms with Crippen LogP contribution in [0.5, 0.6) is 0 Å². The van der Waals surface area contributed by atoms with Gasteiger partial charge in [-0.25, -0.2) is 0 Å². The minimum atomic E-state index is 0. The van der Waals surface area contributed by atoms with Gasteiger partial charge in [0.15, 0.2) is 0 Å². The van der Waals surface area contributed by atoms with Gasteiger partial charge >= 0.3 is 0 Å². The van der Waals surface area contributed by atoms with Crippen molar-refractivity contribution in [3.05, 3.63) is 0 Å². The van der Waals surface area contributed by atoms with E-state index in [0.29, 0.717) is 0 Å². The second-order valence-corrected chi connectivity index (χ2v) is 9.75. The predicted molar refractivity (Wildman–Crippen MR) is 138 cm³/mol. The number of rotatable bonds is 22. The van der Waals surface area contributed by atoms with Crippen LogP contribution in [0.25, 0.3) is 0 Å². The Morgan fingerprint density at radius 1 is 0.379 bits per heavy atom. The lowest BCUT2D eigenvalue weighted by atomic mass is 10.1. The zero-order chi connectivity index (χ0) is 20.1. The Morgan fingerprint density at radius 3 is 0.828 bits per heavy atom. The van der Waals surface area contributed by atoms with Crippen molar-refractivity contribution >= 4 is 12.4 Å². The Bertz CT molecular complexity index is 256. The van der Waals surface area contributed by atoms with Crippen LogP contribution in [-0.2, 0) is 0 Å². The van der Waals surface area contributed by atoms with E-state index in [1.54, 1.807) is 0 Å². The molecule has 0 rings (SSSR count). The third kappa shape index (κ3) is 28.2. The highest BCUT2D eigenvalue weighted by atomic mass is 35.5. The van der Waals surface area contributed by atoms with Crippen molar-refractivity contribution in [2.45, 2.75) is 142 Å². The first-order valence-corrected chi connectivity index (χ1v) is 12.9. The monoisotopic (exact) mass is 435 g/mol. The van der Waals surface area contributed by atoms with Crippen molar-refractivity contribution in [2.75, 3.05) is 27.2 Å². The molecule has 0 saturated carbocycles. The molecule has 0 atom stereocenters. The zero-order valence-electron chi connectivity index (χ0n) is 21.1. The van der Waals surface area contributed by atoms with Gasteiger partial charge in [0.2, 0.25) is 0 Å². The van der Waals surface area contributed by atoms with Crippen LogP contribution in [0.15, 0.2) is 0 Å². The summed E-state index contributed by atoms with van der Waals surface area (Å²) in [6.07, 6.45) is 29.0. The molecule has 3 heteroatoms. The summed E-state index contributed by atoms with van der Waals surface area (Å²) in [6.45, 7) is 7.37. The molecule has 0 aliphatic rings. The molecular weight excluding hydrogens is 376 g/mol. The van der Waals surface area contributed by atoms with Crippen LogP contribution in [0.2, 0.25) is 0 Å². The van der Waals surface area contributed by atoms with Crippen LogP contribution >= 0.6 is 12.4 Å². The molecule has 0 saturated heterocycles. The van der Waals surface area contributed by atoms with E-state index >= 15 is 0 Å². The summed E-state index contributed by atoms with van der Waals surface area (Å²) < 4.78 is 1.24. The lowest BCUT2D eigenvalue weighted by Crippen LogP contribution is -2.41. The molecule has 0 aromatic carbocycles. The Hall–Kier alpha value is 0.210. The van der Waals surface area contributed by atoms with Crippen molar-refractivity contribution in [2.24, 2.45) is 0 Å². The topological polar surface area (TPSA) is 35.0 Å². The Balaban J connectivity index is -0.00000338. The van der Waals surface area contributed by atoms with Crippen LogP contribution in [0.1, 0.15) is 142 Å². The summed E-state index contributed by atoms with van der Waals surface area (Å²) >= 11 is 0. The smallest absolute Gasteiger partial charge is 0.0782 e. The molecule has 0 bridgehead atoms. The molecule has 180 valence electrons. The van der Waals surface area contributed by atoms with Gasteiger partial charge in [-0.05, 0) is 25.7 Å². The van der Waals surface area contributed by atoms with Crippen LogP contribution in [0, 0.1) is 0 Å². The number of quaternary nitrogens is 1. The average molecular weight is 436 g/mol. The summed E-state index contributed by atoms with van der Waals surface area (Å²) in [6, 6.07) is 0. The van der Waals surface area contributed by atoms with Crippen LogP contribution in [0.4, 0.5) is 0 Å². The number of nitrogens with zero attached hydrogens (tertiary/aromatic N) is 1. The Labute approximate surface area is 192 Å². The van der Waals surface area contributed by atoms with Crippen molar-refractivity contribution in [3.63, 3.8) is 0 Å². The second kappa shape index (κ2) is 26.2. The predicted octanol–water partition coefficient (Wildman–Crippen LogP) is 9.49. The normalized spacial score (nSPS) is 11.2. The fourth-order valence-electron chi connectivity index (χ4n) is 4.17. The lowest BCUT2D eigenvalue weighted by Gasteiger charge is -2.30. The molecule has 0 aromatic heterocycles. The van der Waals surface area contributed by atoms with Gasteiger partial charge in [0.1, 0.15) is 0 Å². The van der Waals surface area contributed by atoms with Gasteiger partial charge in [-0.2, -0.15) is 0 Å². The first kappa shape index (κ1) is 33.8. The molecule has 0 amide bonds. The Morgan fingerprint density at radius 2 is 0.586 bits per heavy atom. The molecule has 0 heterocycles. The average Bonchev–Trinajstić information content (AvgIpc) is 2.64. The van der Waals surface area contributed by atoms with E-state index in [2.05, 4.69) is 27.9 Å². The highest BCUT2D eigenvalue weighted by Gasteiger charge is 2.13. The number of hydrogen-bond acceptors (Lipinski definition) is 1. The maximum atomic E-state index is 2.45. The van der Waals surface area contributed by atoms with Gasteiger partial charge in [0.25, 0.3) is 0 Å². The fourth-order valence-corrected chi connectivity index (χ4v) is 4.17. The van der Waals surface area contributed by atoms with E-state index in [9.17, 15) is 0 Å². The summed E-state index contributed by atoms with van der Waals surface area (Å²) in [5.74, 6) is 0. The second-order valence-electron chi connectivity index (χ2n) is 9.75. The maximum Gasteiger partial charge on any atom is 0.0782 e. The van der Waals surface area contributed by atoms with Crippen molar-refractivity contribution < 1.29 is 4.48 Å². The minimum Gasteiger partial charge on any atom is -0.344 e. The van der Waals surface area contributed by atoms with E-state index < -0.39 is 0 Å². The van der Waals surface area contributed by atoms with Gasteiger partial charge < -0.3 is 10.6 Å². The molecule has 29 heavy (non-hydrogen) atoms. The van der Waals surface area contributed by atoms with E-state index in [4.69, 9.17) is 0 Å². The molecule has 0 aliphatic heterocycles. The van der Waals surface area contributed by atoms with Gasteiger partial charge in [-0.3, -0.25) is 0 Å². The number of unbranched alkanes of at least 4 members (excludes halogenated alkanes) is 18. The summed E-state index contributed by atoms with van der Waals surface area (Å²) in [7, 11) is 4.89. The van der Waals surface area contributed by atoms with Crippen LogP contribution in [0.3, 0.4) is 0 Å². The molecule has 0 fully saturated rings. The van der Waals surface area contributed by atoms with E-state index in [1.807, 2.05) is 0 Å². The largest absolute Gasteiger partial charge is 0.344 e. The van der Waals surface area contributed by atoms with Gasteiger partial charge in [0, 0.05) is 0 Å². The van der Waals surface area contributed by atoms with Gasteiger partial charge in [0.05, 0.1) is 27.2 Å². The van der Waals surface area contributed by atoms with Gasteiger partial charge in [-0.15, -0.1) is 12.4 Å². The minimum absolute atomic E-state index is 0. The number of halogens is 1. The molecule has 0 radical (unpaired) electrons. The van der Waals surface area contributed by atoms with E-state index in [1.165, 1.54) is 146 Å². The first-order chi connectivity index (χ1) is 13.1. The summed E-state index contributed by atoms with van der Waals surface area (Å²) in [4.78, 5) is 0. The highest BCUT2D eigenvalue weighted by Crippen LogP contribution is 2.14. The van der Waals surface area contributed by atoms with Crippen LogP contribution < -0.4 is 6.15 Å². The van der Waals surface area contributed by atoms with E-state index in [-0.39, 0.29) is 18.6 Å². The third-order valence-electron chi connectivity index (χ3n) is 6.23. The fraction of sp³-hybridized carbons (Fsp3) is 1.00. The SMILES string of the molecule is CCCCCCCCCCCC[N+](C)(C)CCCCCCCCCCCC.Cl.N. The lowest BCUT2D eigenvalue weighted by molar-refractivity contribution is -0.890. The molecule has 0 spiro atoms. The van der Waals surface area contributed by atoms with Crippen molar-refractivity contribution in [1.82, 2.24) is 6.15 Å². The standard InChI is InChI=1S/C26H56N.ClH.H3N/c1-5-7-9-11-13-15-17-19-21-23-25-27(3,4)26-24-22-20-18-16-14-12-10-8-6-2;;/h5-26H2,1-4H3;1H;1H3/q+1;;. The molecular formula is C26H60ClN2+. The molecule has 3 N–H and O–H groups in total. The zero-order valence-corrected chi connectivity index (χ0v) is 21.9. The quantitative estimate of drug-likeness (QED) is 0.133.